The summed E-state index contributed by atoms with van der Waals surface area (Å²) in [5.74, 6) is 0.0547. The molecule has 1 unspecified atom stereocenters. The van der Waals surface area contributed by atoms with Gasteiger partial charge in [0.1, 0.15) is 5.70 Å². The Morgan fingerprint density at radius 1 is 0.830 bits per heavy atom. The maximum absolute atomic E-state index is 13.7. The minimum Gasteiger partial charge on any atom is -0.493 e. The zero-order valence-corrected chi connectivity index (χ0v) is 28.1. The van der Waals surface area contributed by atoms with Crippen LogP contribution in [0, 0.1) is 6.92 Å². The SMILES string of the molecule is CCc1cccc(C)c1NC(=O)C(C)Sc1cccc(NC(=O)/C(=C\c2cc(OC)c(OC)c(OC)c2)NC(=O)c2ccccc2)c1. The van der Waals surface area contributed by atoms with Crippen LogP contribution in [0.15, 0.2) is 95.5 Å². The number of rotatable bonds is 13. The molecule has 0 spiro atoms. The third-order valence-electron chi connectivity index (χ3n) is 7.29. The summed E-state index contributed by atoms with van der Waals surface area (Å²) >= 11 is 1.37. The molecule has 0 aliphatic heterocycles. The number of para-hydroxylation sites is 1. The summed E-state index contributed by atoms with van der Waals surface area (Å²) in [5.41, 5.74) is 4.33. The van der Waals surface area contributed by atoms with E-state index in [-0.39, 0.29) is 11.6 Å². The van der Waals surface area contributed by atoms with Gasteiger partial charge in [-0.1, -0.05) is 49.4 Å². The summed E-state index contributed by atoms with van der Waals surface area (Å²) in [6.45, 7) is 5.87. The summed E-state index contributed by atoms with van der Waals surface area (Å²) in [6, 6.07) is 25.1. The molecule has 0 saturated heterocycles. The second kappa shape index (κ2) is 16.4. The first-order valence-electron chi connectivity index (χ1n) is 15.0. The molecule has 3 N–H and O–H groups in total. The van der Waals surface area contributed by atoms with E-state index >= 15 is 0 Å². The maximum atomic E-state index is 13.7. The summed E-state index contributed by atoms with van der Waals surface area (Å²) in [7, 11) is 4.49. The Labute approximate surface area is 279 Å². The third-order valence-corrected chi connectivity index (χ3v) is 8.38. The van der Waals surface area contributed by atoms with Crippen molar-refractivity contribution in [2.24, 2.45) is 0 Å². The second-order valence-electron chi connectivity index (χ2n) is 10.5. The molecule has 0 aromatic heterocycles. The number of benzene rings is 4. The predicted octanol–water partition coefficient (Wildman–Crippen LogP) is 7.11. The van der Waals surface area contributed by atoms with Crippen molar-refractivity contribution in [3.63, 3.8) is 0 Å². The Balaban J connectivity index is 1.57. The van der Waals surface area contributed by atoms with Crippen LogP contribution in [0.3, 0.4) is 0 Å². The van der Waals surface area contributed by atoms with Gasteiger partial charge < -0.3 is 30.2 Å². The highest BCUT2D eigenvalue weighted by Crippen LogP contribution is 2.38. The van der Waals surface area contributed by atoms with Crippen molar-refractivity contribution in [3.05, 3.63) is 113 Å². The number of carbonyl (C=O) groups excluding carboxylic acids is 3. The van der Waals surface area contributed by atoms with E-state index in [0.29, 0.717) is 34.1 Å². The van der Waals surface area contributed by atoms with E-state index in [0.717, 1.165) is 28.1 Å². The van der Waals surface area contributed by atoms with Crippen molar-refractivity contribution in [1.82, 2.24) is 5.32 Å². The number of anilines is 2. The van der Waals surface area contributed by atoms with Crippen molar-refractivity contribution in [3.8, 4) is 17.2 Å². The third kappa shape index (κ3) is 8.95. The highest BCUT2D eigenvalue weighted by molar-refractivity contribution is 8.00. The summed E-state index contributed by atoms with van der Waals surface area (Å²) in [5, 5.41) is 8.30. The molecule has 4 aromatic carbocycles. The molecule has 4 rings (SSSR count). The fourth-order valence-corrected chi connectivity index (χ4v) is 5.75. The van der Waals surface area contributed by atoms with Gasteiger partial charge >= 0.3 is 0 Å². The molecule has 0 fully saturated rings. The van der Waals surface area contributed by atoms with E-state index in [1.54, 1.807) is 60.7 Å². The zero-order chi connectivity index (χ0) is 33.9. The van der Waals surface area contributed by atoms with Gasteiger partial charge in [0.15, 0.2) is 11.5 Å². The predicted molar refractivity (Wildman–Crippen MR) is 188 cm³/mol. The number of carbonyl (C=O) groups is 3. The van der Waals surface area contributed by atoms with Crippen LogP contribution < -0.4 is 30.2 Å². The molecule has 0 radical (unpaired) electrons. The van der Waals surface area contributed by atoms with Crippen molar-refractivity contribution < 1.29 is 28.6 Å². The standard InChI is InChI=1S/C37H39N3O6S/c1-7-26-16-11-13-23(2)33(26)40-35(41)24(3)47-29-18-12-17-28(22-29)38-37(43)30(39-36(42)27-14-9-8-10-15-27)19-25-20-31(44-4)34(46-6)32(21-25)45-5/h8-22,24H,7H2,1-6H3,(H,38,43)(H,39,42)(H,40,41)/b30-19+. The van der Waals surface area contributed by atoms with E-state index in [1.807, 2.05) is 38.1 Å². The highest BCUT2D eigenvalue weighted by atomic mass is 32.2. The van der Waals surface area contributed by atoms with Gasteiger partial charge in [0.2, 0.25) is 11.7 Å². The molecule has 244 valence electrons. The van der Waals surface area contributed by atoms with E-state index < -0.39 is 17.1 Å². The number of thioether (sulfide) groups is 1. The zero-order valence-electron chi connectivity index (χ0n) is 27.3. The monoisotopic (exact) mass is 653 g/mol. The Bertz CT molecular complexity index is 1750. The number of methoxy groups -OCH3 is 3. The lowest BCUT2D eigenvalue weighted by Gasteiger charge is -2.17. The van der Waals surface area contributed by atoms with Crippen LogP contribution in [0.5, 0.6) is 17.2 Å². The molecule has 0 bridgehead atoms. The van der Waals surface area contributed by atoms with Gasteiger partial charge in [-0.25, -0.2) is 0 Å². The topological polar surface area (TPSA) is 115 Å². The average Bonchev–Trinajstić information content (AvgIpc) is 3.08. The number of hydrogen-bond donors (Lipinski definition) is 3. The molecule has 10 heteroatoms. The summed E-state index contributed by atoms with van der Waals surface area (Å²) < 4.78 is 16.4. The first-order valence-corrected chi connectivity index (χ1v) is 15.9. The van der Waals surface area contributed by atoms with Gasteiger partial charge in [0.25, 0.3) is 11.8 Å². The second-order valence-corrected chi connectivity index (χ2v) is 11.9. The van der Waals surface area contributed by atoms with Crippen LogP contribution in [0.1, 0.15) is 40.9 Å². The molecule has 9 nitrogen and oxygen atoms in total. The Morgan fingerprint density at radius 2 is 1.51 bits per heavy atom. The Kier molecular flexibility index (Phi) is 12.1. The minimum atomic E-state index is -0.553. The van der Waals surface area contributed by atoms with Crippen LogP contribution in [-0.2, 0) is 16.0 Å². The molecule has 4 aromatic rings. The quantitative estimate of drug-likeness (QED) is 0.104. The van der Waals surface area contributed by atoms with Crippen LogP contribution in [0.2, 0.25) is 0 Å². The average molecular weight is 654 g/mol. The van der Waals surface area contributed by atoms with Crippen molar-refractivity contribution in [2.75, 3.05) is 32.0 Å². The molecule has 0 saturated carbocycles. The van der Waals surface area contributed by atoms with Gasteiger partial charge in [-0.2, -0.15) is 0 Å². The van der Waals surface area contributed by atoms with Gasteiger partial charge in [0, 0.05) is 21.8 Å². The van der Waals surface area contributed by atoms with E-state index in [4.69, 9.17) is 14.2 Å². The van der Waals surface area contributed by atoms with Crippen LogP contribution in [0.4, 0.5) is 11.4 Å². The molecule has 0 aliphatic rings. The van der Waals surface area contributed by atoms with Crippen LogP contribution in [0.25, 0.3) is 6.08 Å². The molecular formula is C37H39N3O6S. The highest BCUT2D eigenvalue weighted by Gasteiger charge is 2.20. The number of aryl methyl sites for hydroxylation is 2. The smallest absolute Gasteiger partial charge is 0.272 e. The van der Waals surface area contributed by atoms with Gasteiger partial charge in [-0.05, 0) is 85.5 Å². The van der Waals surface area contributed by atoms with Crippen LogP contribution >= 0.6 is 11.8 Å². The normalized spacial score (nSPS) is 11.7. The maximum Gasteiger partial charge on any atom is 0.272 e. The van der Waals surface area contributed by atoms with Crippen molar-refractivity contribution in [2.45, 2.75) is 37.3 Å². The van der Waals surface area contributed by atoms with E-state index in [9.17, 15) is 14.4 Å². The lowest BCUT2D eigenvalue weighted by atomic mass is 10.1. The summed E-state index contributed by atoms with van der Waals surface area (Å²) in [6.07, 6.45) is 2.34. The van der Waals surface area contributed by atoms with E-state index in [2.05, 4.69) is 22.9 Å². The van der Waals surface area contributed by atoms with Gasteiger partial charge in [-0.15, -0.1) is 11.8 Å². The number of hydrogen-bond acceptors (Lipinski definition) is 7. The van der Waals surface area contributed by atoms with Crippen molar-refractivity contribution >= 4 is 46.9 Å². The Hall–Kier alpha value is -5.22. The van der Waals surface area contributed by atoms with Crippen LogP contribution in [-0.4, -0.2) is 44.3 Å². The number of ether oxygens (including phenoxy) is 3. The summed E-state index contributed by atoms with van der Waals surface area (Å²) in [4.78, 5) is 40.8. The van der Waals surface area contributed by atoms with Crippen molar-refractivity contribution in [1.29, 1.82) is 0 Å². The van der Waals surface area contributed by atoms with Gasteiger partial charge in [-0.3, -0.25) is 14.4 Å². The lowest BCUT2D eigenvalue weighted by molar-refractivity contribution is -0.115. The fourth-order valence-electron chi connectivity index (χ4n) is 4.82. The molecule has 3 amide bonds. The minimum absolute atomic E-state index is 0.0103. The number of nitrogens with one attached hydrogen (secondary N) is 3. The lowest BCUT2D eigenvalue weighted by Crippen LogP contribution is -2.30. The van der Waals surface area contributed by atoms with Gasteiger partial charge in [0.05, 0.1) is 26.6 Å². The Morgan fingerprint density at radius 3 is 2.15 bits per heavy atom. The molecule has 47 heavy (non-hydrogen) atoms. The molecule has 0 heterocycles. The molecule has 0 aliphatic carbocycles. The fraction of sp³-hybridized carbons (Fsp3) is 0.216. The number of amides is 3. The van der Waals surface area contributed by atoms with E-state index in [1.165, 1.54) is 39.2 Å². The first kappa shape index (κ1) is 34.6. The largest absolute Gasteiger partial charge is 0.493 e. The molecule has 1 atom stereocenters. The molecular weight excluding hydrogens is 614 g/mol. The first-order chi connectivity index (χ1) is 22.7.